The highest BCUT2D eigenvalue weighted by molar-refractivity contribution is 5.99. The van der Waals surface area contributed by atoms with Crippen LogP contribution in [0.3, 0.4) is 0 Å². The fourth-order valence-electron chi connectivity index (χ4n) is 3.55. The summed E-state index contributed by atoms with van der Waals surface area (Å²) in [5.74, 6) is 0.930. The third-order valence-corrected chi connectivity index (χ3v) is 5.30. The number of hydrogen-bond acceptors (Lipinski definition) is 4. The summed E-state index contributed by atoms with van der Waals surface area (Å²) in [6, 6.07) is 6.54. The maximum Gasteiger partial charge on any atom is 0.255 e. The van der Waals surface area contributed by atoms with Gasteiger partial charge >= 0.3 is 0 Å². The van der Waals surface area contributed by atoms with Crippen LogP contribution in [-0.2, 0) is 4.79 Å². The zero-order valence-corrected chi connectivity index (χ0v) is 18.2. The minimum absolute atomic E-state index is 0. The molecule has 1 saturated heterocycles. The zero-order valence-electron chi connectivity index (χ0n) is 17.4. The molecule has 0 aromatic heterocycles. The van der Waals surface area contributed by atoms with Gasteiger partial charge in [0, 0.05) is 13.1 Å². The zero-order chi connectivity index (χ0) is 19.8. The summed E-state index contributed by atoms with van der Waals surface area (Å²) in [6.45, 7) is 6.47. The molecule has 2 amide bonds. The Bertz CT molecular complexity index is 631. The highest BCUT2D eigenvalue weighted by atomic mass is 35.5. The summed E-state index contributed by atoms with van der Waals surface area (Å²) >= 11 is 0. The van der Waals surface area contributed by atoms with Crippen LogP contribution in [0.25, 0.3) is 0 Å². The molecule has 1 fully saturated rings. The van der Waals surface area contributed by atoms with Crippen LogP contribution in [0.1, 0.15) is 43.5 Å². The van der Waals surface area contributed by atoms with Gasteiger partial charge in [0.15, 0.2) is 0 Å². The van der Waals surface area contributed by atoms with Crippen molar-refractivity contribution in [2.24, 2.45) is 11.8 Å². The first-order valence-corrected chi connectivity index (χ1v) is 9.85. The molecule has 6 nitrogen and oxygen atoms in total. The molecule has 1 aliphatic rings. The Kier molecular flexibility index (Phi) is 10.3. The first kappa shape index (κ1) is 24.2. The lowest BCUT2D eigenvalue weighted by molar-refractivity contribution is -0.135. The molecule has 0 radical (unpaired) electrons. The molecule has 0 aliphatic carbocycles. The van der Waals surface area contributed by atoms with Crippen LogP contribution in [0.2, 0.25) is 0 Å². The number of ether oxygens (including phenoxy) is 1. The van der Waals surface area contributed by atoms with E-state index in [9.17, 15) is 9.59 Å². The Morgan fingerprint density at radius 2 is 1.86 bits per heavy atom. The van der Waals surface area contributed by atoms with Gasteiger partial charge in [-0.1, -0.05) is 26.0 Å². The van der Waals surface area contributed by atoms with E-state index >= 15 is 0 Å². The number of carbonyl (C=O) groups is 2. The number of rotatable bonds is 8. The lowest BCUT2D eigenvalue weighted by atomic mass is 9.92. The summed E-state index contributed by atoms with van der Waals surface area (Å²) in [5.41, 5.74) is 0.448. The number of carbonyl (C=O) groups excluding carboxylic acids is 2. The van der Waals surface area contributed by atoms with Crippen LogP contribution in [0, 0.1) is 11.8 Å². The number of methoxy groups -OCH3 is 1. The second-order valence-electron chi connectivity index (χ2n) is 7.56. The van der Waals surface area contributed by atoms with E-state index in [0.717, 1.165) is 38.9 Å². The first-order valence-electron chi connectivity index (χ1n) is 9.85. The molecule has 1 aromatic rings. The van der Waals surface area contributed by atoms with Crippen molar-refractivity contribution in [2.45, 2.75) is 39.2 Å². The monoisotopic (exact) mass is 411 g/mol. The molecule has 0 spiro atoms. The average molecular weight is 412 g/mol. The summed E-state index contributed by atoms with van der Waals surface area (Å²) in [4.78, 5) is 27.7. The molecule has 1 aromatic carbocycles. The molecule has 1 aliphatic heterocycles. The fraction of sp³-hybridized carbons (Fsp3) is 0.619. The van der Waals surface area contributed by atoms with E-state index < -0.39 is 6.04 Å². The molecule has 7 heteroatoms. The van der Waals surface area contributed by atoms with Crippen LogP contribution in [0.5, 0.6) is 5.75 Å². The number of hydrogen-bond donors (Lipinski definition) is 2. The van der Waals surface area contributed by atoms with Crippen LogP contribution >= 0.6 is 12.4 Å². The molecule has 2 rings (SSSR count). The van der Waals surface area contributed by atoms with Gasteiger partial charge in [0.25, 0.3) is 5.91 Å². The molecule has 2 N–H and O–H groups in total. The number of para-hydroxylation sites is 1. The lowest BCUT2D eigenvalue weighted by Gasteiger charge is -2.35. The molecule has 1 unspecified atom stereocenters. The van der Waals surface area contributed by atoms with Crippen LogP contribution in [0.15, 0.2) is 24.3 Å². The topological polar surface area (TPSA) is 70.7 Å². The minimum atomic E-state index is -0.531. The van der Waals surface area contributed by atoms with Gasteiger partial charge in [-0.25, -0.2) is 0 Å². The van der Waals surface area contributed by atoms with Crippen molar-refractivity contribution in [2.75, 3.05) is 33.8 Å². The molecule has 1 heterocycles. The number of likely N-dealkylation sites (tertiary alicyclic amines) is 1. The summed E-state index contributed by atoms with van der Waals surface area (Å²) in [7, 11) is 3.51. The largest absolute Gasteiger partial charge is 0.496 e. The molecule has 158 valence electrons. The molecule has 0 saturated carbocycles. The molecule has 0 bridgehead atoms. The van der Waals surface area contributed by atoms with Gasteiger partial charge in [0.05, 0.1) is 12.7 Å². The van der Waals surface area contributed by atoms with E-state index in [1.54, 1.807) is 18.2 Å². The first-order chi connectivity index (χ1) is 13.0. The highest BCUT2D eigenvalue weighted by Gasteiger charge is 2.31. The SMILES string of the molecule is CNCCC1CCN(C(=O)C(NC(=O)c2ccccc2OC)C(C)C)CC1.Cl. The lowest BCUT2D eigenvalue weighted by Crippen LogP contribution is -2.53. The van der Waals surface area contributed by atoms with Crippen LogP contribution in [-0.4, -0.2) is 56.5 Å². The van der Waals surface area contributed by atoms with Gasteiger partial charge in [-0.2, -0.15) is 0 Å². The molecular formula is C21H34ClN3O3. The van der Waals surface area contributed by atoms with E-state index in [0.29, 0.717) is 17.2 Å². The van der Waals surface area contributed by atoms with Gasteiger partial charge < -0.3 is 20.3 Å². The predicted molar refractivity (Wildman–Crippen MR) is 114 cm³/mol. The number of piperidine rings is 1. The maximum absolute atomic E-state index is 13.0. The third-order valence-electron chi connectivity index (χ3n) is 5.30. The van der Waals surface area contributed by atoms with Crippen LogP contribution < -0.4 is 15.4 Å². The maximum atomic E-state index is 13.0. The second kappa shape index (κ2) is 11.9. The van der Waals surface area contributed by atoms with E-state index in [1.807, 2.05) is 31.9 Å². The third kappa shape index (κ3) is 6.38. The molecular weight excluding hydrogens is 378 g/mol. The Hall–Kier alpha value is -1.79. The van der Waals surface area contributed by atoms with E-state index in [2.05, 4.69) is 10.6 Å². The number of amides is 2. The van der Waals surface area contributed by atoms with Crippen molar-refractivity contribution in [3.8, 4) is 5.75 Å². The standard InChI is InChI=1S/C21H33N3O3.ClH/c1-15(2)19(23-20(25)17-7-5-6-8-18(17)27-4)21(26)24-13-10-16(11-14-24)9-12-22-3;/h5-8,15-16,19,22H,9-14H2,1-4H3,(H,23,25);1H. The molecule has 28 heavy (non-hydrogen) atoms. The van der Waals surface area contributed by atoms with Gasteiger partial charge in [-0.05, 0) is 56.8 Å². The van der Waals surface area contributed by atoms with Crippen molar-refractivity contribution in [1.29, 1.82) is 0 Å². The minimum Gasteiger partial charge on any atom is -0.496 e. The fourth-order valence-corrected chi connectivity index (χ4v) is 3.55. The number of benzene rings is 1. The van der Waals surface area contributed by atoms with Crippen molar-refractivity contribution in [3.63, 3.8) is 0 Å². The Balaban J connectivity index is 0.00000392. The second-order valence-corrected chi connectivity index (χ2v) is 7.56. The average Bonchev–Trinajstić information content (AvgIpc) is 2.69. The smallest absolute Gasteiger partial charge is 0.255 e. The van der Waals surface area contributed by atoms with Crippen LogP contribution in [0.4, 0.5) is 0 Å². The number of nitrogens with zero attached hydrogens (tertiary/aromatic N) is 1. The Morgan fingerprint density at radius 3 is 2.43 bits per heavy atom. The van der Waals surface area contributed by atoms with E-state index in [1.165, 1.54) is 7.11 Å². The summed E-state index contributed by atoms with van der Waals surface area (Å²) in [5, 5.41) is 6.12. The van der Waals surface area contributed by atoms with Crippen molar-refractivity contribution < 1.29 is 14.3 Å². The van der Waals surface area contributed by atoms with Crippen molar-refractivity contribution >= 4 is 24.2 Å². The van der Waals surface area contributed by atoms with Gasteiger partial charge in [-0.3, -0.25) is 9.59 Å². The number of halogens is 1. The summed E-state index contributed by atoms with van der Waals surface area (Å²) < 4.78 is 5.27. The van der Waals surface area contributed by atoms with Gasteiger partial charge in [0.2, 0.25) is 5.91 Å². The van der Waals surface area contributed by atoms with E-state index in [4.69, 9.17) is 4.74 Å². The van der Waals surface area contributed by atoms with Gasteiger partial charge in [0.1, 0.15) is 11.8 Å². The predicted octanol–water partition coefficient (Wildman–Crippen LogP) is 2.72. The van der Waals surface area contributed by atoms with E-state index in [-0.39, 0.29) is 30.1 Å². The quantitative estimate of drug-likeness (QED) is 0.690. The Labute approximate surface area is 174 Å². The van der Waals surface area contributed by atoms with Crippen molar-refractivity contribution in [1.82, 2.24) is 15.5 Å². The molecule has 1 atom stereocenters. The van der Waals surface area contributed by atoms with Gasteiger partial charge in [-0.15, -0.1) is 12.4 Å². The number of nitrogens with one attached hydrogen (secondary N) is 2. The highest BCUT2D eigenvalue weighted by Crippen LogP contribution is 2.22. The Morgan fingerprint density at radius 1 is 1.21 bits per heavy atom. The van der Waals surface area contributed by atoms with Crippen molar-refractivity contribution in [3.05, 3.63) is 29.8 Å². The normalized spacial score (nSPS) is 15.7. The summed E-state index contributed by atoms with van der Waals surface area (Å²) in [6.07, 6.45) is 3.20.